The molecule has 1 aromatic carbocycles. The normalized spacial score (nSPS) is 17.1. The first-order valence-corrected chi connectivity index (χ1v) is 12.1. The van der Waals surface area contributed by atoms with Crippen molar-refractivity contribution in [1.82, 2.24) is 19.8 Å². The molecule has 0 saturated carbocycles. The maximum absolute atomic E-state index is 4.67. The minimum atomic E-state index is 0.923. The molecule has 2 aliphatic heterocycles. The van der Waals surface area contributed by atoms with Crippen LogP contribution in [0.2, 0.25) is 0 Å². The van der Waals surface area contributed by atoms with Crippen molar-refractivity contribution < 1.29 is 0 Å². The SMILES string of the molecule is CCCC.CCN1CCN(c2ncnc3c2CCN(Cc2ccc(C)c(C)c2)C3)CC1. The Kier molecular flexibility index (Phi) is 8.85. The van der Waals surface area contributed by atoms with Crippen LogP contribution in [0.4, 0.5) is 5.82 Å². The van der Waals surface area contributed by atoms with Gasteiger partial charge in [-0.05, 0) is 43.5 Å². The lowest BCUT2D eigenvalue weighted by Crippen LogP contribution is -2.47. The first kappa shape index (κ1) is 23.7. The van der Waals surface area contributed by atoms with E-state index >= 15 is 0 Å². The van der Waals surface area contributed by atoms with Gasteiger partial charge in [0.25, 0.3) is 0 Å². The number of hydrogen-bond donors (Lipinski definition) is 0. The fraction of sp³-hybridized carbons (Fsp3) is 0.615. The van der Waals surface area contributed by atoms with Gasteiger partial charge in [-0.2, -0.15) is 0 Å². The van der Waals surface area contributed by atoms with Gasteiger partial charge < -0.3 is 9.80 Å². The van der Waals surface area contributed by atoms with Crippen LogP contribution in [-0.4, -0.2) is 59.0 Å². The molecule has 170 valence electrons. The smallest absolute Gasteiger partial charge is 0.135 e. The van der Waals surface area contributed by atoms with Gasteiger partial charge >= 0.3 is 0 Å². The Hall–Kier alpha value is -1.98. The summed E-state index contributed by atoms with van der Waals surface area (Å²) in [5, 5.41) is 0. The Morgan fingerprint density at radius 1 is 0.839 bits per heavy atom. The Balaban J connectivity index is 0.000000628. The first-order chi connectivity index (χ1) is 15.0. The predicted octanol–water partition coefficient (Wildman–Crippen LogP) is 4.60. The maximum Gasteiger partial charge on any atom is 0.135 e. The molecule has 0 bridgehead atoms. The second-order valence-electron chi connectivity index (χ2n) is 8.92. The fourth-order valence-corrected chi connectivity index (χ4v) is 4.23. The number of unbranched alkanes of at least 4 members (excludes halogenated alkanes) is 1. The monoisotopic (exact) mass is 423 g/mol. The van der Waals surface area contributed by atoms with Crippen LogP contribution < -0.4 is 4.90 Å². The zero-order valence-corrected chi connectivity index (χ0v) is 20.3. The number of rotatable bonds is 5. The lowest BCUT2D eigenvalue weighted by atomic mass is 10.0. The van der Waals surface area contributed by atoms with E-state index in [-0.39, 0.29) is 0 Å². The average Bonchev–Trinajstić information content (AvgIpc) is 2.81. The van der Waals surface area contributed by atoms with Gasteiger partial charge in [0.15, 0.2) is 0 Å². The van der Waals surface area contributed by atoms with Crippen LogP contribution in [0.3, 0.4) is 0 Å². The number of piperazine rings is 1. The van der Waals surface area contributed by atoms with Gasteiger partial charge in [0.1, 0.15) is 12.1 Å². The van der Waals surface area contributed by atoms with Crippen LogP contribution in [0.25, 0.3) is 0 Å². The van der Waals surface area contributed by atoms with Crippen molar-refractivity contribution in [3.63, 3.8) is 0 Å². The highest BCUT2D eigenvalue weighted by Gasteiger charge is 2.25. The van der Waals surface area contributed by atoms with Crippen molar-refractivity contribution in [2.24, 2.45) is 0 Å². The van der Waals surface area contributed by atoms with Crippen LogP contribution in [0.5, 0.6) is 0 Å². The van der Waals surface area contributed by atoms with Crippen LogP contribution in [0.1, 0.15) is 61.6 Å². The summed E-state index contributed by atoms with van der Waals surface area (Å²) in [6, 6.07) is 6.82. The molecule has 0 aliphatic carbocycles. The number of aryl methyl sites for hydroxylation is 2. The standard InChI is InChI=1S/C22H31N5.C4H10/c1-4-25-9-11-27(12-10-25)22-20-7-8-26(15-21(20)23-16-24-22)14-19-6-5-17(2)18(3)13-19;1-3-4-2/h5-6,13,16H,4,7-12,14-15H2,1-3H3;3-4H2,1-2H3. The van der Waals surface area contributed by atoms with Gasteiger partial charge in [-0.25, -0.2) is 9.97 Å². The molecular formula is C26H41N5. The van der Waals surface area contributed by atoms with Crippen molar-refractivity contribution in [1.29, 1.82) is 0 Å². The van der Waals surface area contributed by atoms with Gasteiger partial charge in [0.2, 0.25) is 0 Å². The number of hydrogen-bond acceptors (Lipinski definition) is 5. The van der Waals surface area contributed by atoms with Gasteiger partial charge in [-0.15, -0.1) is 0 Å². The molecule has 0 atom stereocenters. The molecule has 0 radical (unpaired) electrons. The Morgan fingerprint density at radius 3 is 2.23 bits per heavy atom. The number of nitrogens with zero attached hydrogens (tertiary/aromatic N) is 5. The summed E-state index contributed by atoms with van der Waals surface area (Å²) in [4.78, 5) is 16.8. The number of aromatic nitrogens is 2. The molecule has 0 amide bonds. The number of anilines is 1. The van der Waals surface area contributed by atoms with Crippen molar-refractivity contribution in [2.45, 2.75) is 67.0 Å². The second kappa shape index (κ2) is 11.6. The predicted molar refractivity (Wildman–Crippen MR) is 131 cm³/mol. The highest BCUT2D eigenvalue weighted by atomic mass is 15.3. The van der Waals surface area contributed by atoms with E-state index in [4.69, 9.17) is 0 Å². The van der Waals surface area contributed by atoms with Crippen molar-refractivity contribution in [2.75, 3.05) is 44.2 Å². The van der Waals surface area contributed by atoms with E-state index in [2.05, 4.69) is 77.5 Å². The largest absolute Gasteiger partial charge is 0.354 e. The summed E-state index contributed by atoms with van der Waals surface area (Å²) in [5.41, 5.74) is 6.72. The highest BCUT2D eigenvalue weighted by molar-refractivity contribution is 5.50. The number of benzene rings is 1. The van der Waals surface area contributed by atoms with Crippen LogP contribution in [0.15, 0.2) is 24.5 Å². The van der Waals surface area contributed by atoms with Gasteiger partial charge in [0, 0.05) is 51.4 Å². The fourth-order valence-electron chi connectivity index (χ4n) is 4.23. The summed E-state index contributed by atoms with van der Waals surface area (Å²) in [7, 11) is 0. The lowest BCUT2D eigenvalue weighted by Gasteiger charge is -2.37. The summed E-state index contributed by atoms with van der Waals surface area (Å²) < 4.78 is 0. The highest BCUT2D eigenvalue weighted by Crippen LogP contribution is 2.27. The molecule has 1 fully saturated rings. The van der Waals surface area contributed by atoms with E-state index < -0.39 is 0 Å². The molecule has 5 heteroatoms. The topological polar surface area (TPSA) is 35.5 Å². The van der Waals surface area contributed by atoms with E-state index in [0.29, 0.717) is 0 Å². The summed E-state index contributed by atoms with van der Waals surface area (Å²) in [6.45, 7) is 19.5. The van der Waals surface area contributed by atoms with Crippen molar-refractivity contribution in [3.8, 4) is 0 Å². The molecule has 2 aromatic rings. The zero-order valence-electron chi connectivity index (χ0n) is 20.3. The number of fused-ring (bicyclic) bond motifs is 1. The van der Waals surface area contributed by atoms with E-state index in [0.717, 1.165) is 58.8 Å². The quantitative estimate of drug-likeness (QED) is 0.702. The Bertz CT molecular complexity index is 825. The van der Waals surface area contributed by atoms with Crippen LogP contribution >= 0.6 is 0 Å². The van der Waals surface area contributed by atoms with E-state index in [1.54, 1.807) is 6.33 Å². The molecule has 0 unspecified atom stereocenters. The molecule has 0 spiro atoms. The summed E-state index contributed by atoms with van der Waals surface area (Å²) in [5.74, 6) is 1.18. The van der Waals surface area contributed by atoms with E-state index in [9.17, 15) is 0 Å². The molecule has 2 aliphatic rings. The molecular weight excluding hydrogens is 382 g/mol. The van der Waals surface area contributed by atoms with Gasteiger partial charge in [0.05, 0.1) is 5.69 Å². The lowest BCUT2D eigenvalue weighted by molar-refractivity contribution is 0.240. The summed E-state index contributed by atoms with van der Waals surface area (Å²) >= 11 is 0. The van der Waals surface area contributed by atoms with E-state index in [1.807, 2.05) is 0 Å². The molecule has 31 heavy (non-hydrogen) atoms. The minimum absolute atomic E-state index is 0.923. The molecule has 4 rings (SSSR count). The zero-order chi connectivity index (χ0) is 22.2. The van der Waals surface area contributed by atoms with Gasteiger partial charge in [-0.3, -0.25) is 4.90 Å². The first-order valence-electron chi connectivity index (χ1n) is 12.1. The second-order valence-corrected chi connectivity index (χ2v) is 8.92. The van der Waals surface area contributed by atoms with Crippen molar-refractivity contribution >= 4 is 5.82 Å². The minimum Gasteiger partial charge on any atom is -0.354 e. The molecule has 0 N–H and O–H groups in total. The maximum atomic E-state index is 4.67. The van der Waals surface area contributed by atoms with Crippen molar-refractivity contribution in [3.05, 3.63) is 52.5 Å². The summed E-state index contributed by atoms with van der Waals surface area (Å²) in [6.07, 6.45) is 5.45. The van der Waals surface area contributed by atoms with Crippen LogP contribution in [-0.2, 0) is 19.5 Å². The van der Waals surface area contributed by atoms with E-state index in [1.165, 1.54) is 46.6 Å². The third kappa shape index (κ3) is 6.27. The molecule has 1 saturated heterocycles. The third-order valence-corrected chi connectivity index (χ3v) is 6.66. The molecule has 3 heterocycles. The van der Waals surface area contributed by atoms with Crippen LogP contribution in [0, 0.1) is 13.8 Å². The average molecular weight is 424 g/mol. The Morgan fingerprint density at radius 2 is 1.58 bits per heavy atom. The Labute approximate surface area is 189 Å². The third-order valence-electron chi connectivity index (χ3n) is 6.66. The van der Waals surface area contributed by atoms with Gasteiger partial charge in [-0.1, -0.05) is 51.8 Å². The molecule has 1 aromatic heterocycles. The number of likely N-dealkylation sites (N-methyl/N-ethyl adjacent to an activating group) is 1. The molecule has 5 nitrogen and oxygen atoms in total.